The molecular weight excluding hydrogens is 441 g/mol. The molecule has 27 heavy (non-hydrogen) atoms. The van der Waals surface area contributed by atoms with Crippen LogP contribution in [0.1, 0.15) is 51.4 Å². The van der Waals surface area contributed by atoms with Gasteiger partial charge in [0.15, 0.2) is 0 Å². The second-order valence-corrected chi connectivity index (χ2v) is 10.3. The third-order valence-corrected chi connectivity index (χ3v) is 8.59. The van der Waals surface area contributed by atoms with Crippen molar-refractivity contribution in [2.45, 2.75) is 80.1 Å². The Bertz CT molecular complexity index is 575. The highest BCUT2D eigenvalue weighted by atomic mass is 79.9. The Morgan fingerprint density at radius 1 is 1.15 bits per heavy atom. The molecule has 9 heteroatoms. The van der Waals surface area contributed by atoms with Gasteiger partial charge in [-0.3, -0.25) is 5.32 Å². The lowest BCUT2D eigenvalue weighted by atomic mass is 9.77. The molecule has 2 aliphatic heterocycles. The normalized spacial score (nSPS) is 43.7. The van der Waals surface area contributed by atoms with Crippen molar-refractivity contribution < 1.29 is 13.2 Å². The third-order valence-electron chi connectivity index (χ3n) is 6.57. The van der Waals surface area contributed by atoms with E-state index >= 15 is 0 Å². The zero-order valence-electron chi connectivity index (χ0n) is 15.2. The zero-order chi connectivity index (χ0) is 19.2. The maximum Gasteiger partial charge on any atom is 0.391 e. The van der Waals surface area contributed by atoms with Gasteiger partial charge in [0.2, 0.25) is 0 Å². The van der Waals surface area contributed by atoms with Crippen LogP contribution in [0.3, 0.4) is 0 Å². The number of rotatable bonds is 2. The lowest BCUT2D eigenvalue weighted by Gasteiger charge is -2.38. The SMILES string of the molecule is NC1CCCC(C2=CSC3NC(C4CCCC(C(F)(F)F)C4)C(Br)N3N2)C1. The highest BCUT2D eigenvalue weighted by Crippen LogP contribution is 2.45. The monoisotopic (exact) mass is 468 g/mol. The second kappa shape index (κ2) is 8.05. The van der Waals surface area contributed by atoms with Gasteiger partial charge >= 0.3 is 6.18 Å². The molecule has 0 aromatic heterocycles. The van der Waals surface area contributed by atoms with Crippen molar-refractivity contribution in [3.63, 3.8) is 0 Å². The van der Waals surface area contributed by atoms with Gasteiger partial charge in [0, 0.05) is 23.7 Å². The van der Waals surface area contributed by atoms with Crippen LogP contribution in [0.2, 0.25) is 0 Å². The first-order chi connectivity index (χ1) is 12.8. The van der Waals surface area contributed by atoms with Gasteiger partial charge < -0.3 is 11.2 Å². The van der Waals surface area contributed by atoms with Gasteiger partial charge in [-0.2, -0.15) is 18.2 Å². The van der Waals surface area contributed by atoms with E-state index in [1.54, 1.807) is 11.8 Å². The molecule has 4 N–H and O–H groups in total. The minimum atomic E-state index is -4.08. The van der Waals surface area contributed by atoms with Crippen LogP contribution in [0, 0.1) is 17.8 Å². The van der Waals surface area contributed by atoms with Gasteiger partial charge in [-0.25, -0.2) is 0 Å². The molecule has 4 rings (SSSR count). The number of hydrogen-bond donors (Lipinski definition) is 3. The van der Waals surface area contributed by atoms with Gasteiger partial charge in [-0.05, 0) is 49.9 Å². The van der Waals surface area contributed by atoms with Crippen LogP contribution >= 0.6 is 27.7 Å². The van der Waals surface area contributed by atoms with Gasteiger partial charge in [-0.15, -0.1) is 0 Å². The summed E-state index contributed by atoms with van der Waals surface area (Å²) in [7, 11) is 0. The highest BCUT2D eigenvalue weighted by Gasteiger charge is 2.49. The molecular formula is C18H28BrF3N4S. The third kappa shape index (κ3) is 4.32. The number of hydrogen-bond acceptors (Lipinski definition) is 5. The van der Waals surface area contributed by atoms with E-state index in [1.807, 2.05) is 0 Å². The van der Waals surface area contributed by atoms with Gasteiger partial charge in [0.1, 0.15) is 10.4 Å². The van der Waals surface area contributed by atoms with Crippen molar-refractivity contribution in [3.05, 3.63) is 11.1 Å². The second-order valence-electron chi connectivity index (χ2n) is 8.43. The summed E-state index contributed by atoms with van der Waals surface area (Å²) < 4.78 is 39.6. The van der Waals surface area contributed by atoms with E-state index in [9.17, 15) is 13.2 Å². The summed E-state index contributed by atoms with van der Waals surface area (Å²) in [4.78, 5) is -0.0204. The Labute approximate surface area is 171 Å². The quantitative estimate of drug-likeness (QED) is 0.417. The number of fused-ring (bicyclic) bond motifs is 1. The van der Waals surface area contributed by atoms with Crippen LogP contribution in [-0.4, -0.2) is 33.7 Å². The molecule has 3 fully saturated rings. The van der Waals surface area contributed by atoms with Crippen LogP contribution < -0.4 is 16.5 Å². The number of halogens is 4. The Kier molecular flexibility index (Phi) is 6.06. The Morgan fingerprint density at radius 3 is 2.67 bits per heavy atom. The molecule has 2 aliphatic carbocycles. The summed E-state index contributed by atoms with van der Waals surface area (Å²) in [6.07, 6.45) is 2.32. The van der Waals surface area contributed by atoms with Crippen molar-refractivity contribution in [3.8, 4) is 0 Å². The number of hydrazine groups is 1. The number of alkyl halides is 4. The summed E-state index contributed by atoms with van der Waals surface area (Å²) in [6, 6.07) is 0.279. The summed E-state index contributed by atoms with van der Waals surface area (Å²) >= 11 is 5.48. The maximum absolute atomic E-state index is 13.2. The van der Waals surface area contributed by atoms with E-state index in [2.05, 4.69) is 37.1 Å². The standard InChI is InChI=1S/C18H28BrF3N4S/c19-16-15(11-4-1-5-12(7-11)18(20,21)22)24-17-26(16)25-14(9-27-17)10-3-2-6-13(23)8-10/h9-13,15-17,24-25H,1-8,23H2. The molecule has 0 bridgehead atoms. The Balaban J connectivity index is 1.40. The minimum absolute atomic E-state index is 0.0153. The fourth-order valence-electron chi connectivity index (χ4n) is 5.07. The first-order valence-corrected chi connectivity index (χ1v) is 11.8. The van der Waals surface area contributed by atoms with E-state index in [0.717, 1.165) is 32.1 Å². The number of thioether (sulfide) groups is 1. The average molecular weight is 469 g/mol. The van der Waals surface area contributed by atoms with E-state index in [-0.39, 0.29) is 41.3 Å². The van der Waals surface area contributed by atoms with E-state index < -0.39 is 12.1 Å². The summed E-state index contributed by atoms with van der Waals surface area (Å²) in [6.45, 7) is 0. The number of nitrogens with one attached hydrogen (secondary N) is 2. The van der Waals surface area contributed by atoms with E-state index in [0.29, 0.717) is 12.3 Å². The van der Waals surface area contributed by atoms with Crippen molar-refractivity contribution in [2.24, 2.45) is 23.5 Å². The first-order valence-electron chi connectivity index (χ1n) is 9.96. The van der Waals surface area contributed by atoms with Gasteiger partial charge in [0.25, 0.3) is 0 Å². The molecule has 0 spiro atoms. The molecule has 0 aromatic carbocycles. The fraction of sp³-hybridized carbons (Fsp3) is 0.889. The van der Waals surface area contributed by atoms with Crippen molar-refractivity contribution in [2.75, 3.05) is 0 Å². The first kappa shape index (κ1) is 20.3. The zero-order valence-corrected chi connectivity index (χ0v) is 17.6. The molecule has 0 amide bonds. The lowest BCUT2D eigenvalue weighted by molar-refractivity contribution is -0.186. The molecule has 4 aliphatic rings. The van der Waals surface area contributed by atoms with E-state index in [1.165, 1.54) is 5.70 Å². The Morgan fingerprint density at radius 2 is 1.93 bits per heavy atom. The van der Waals surface area contributed by atoms with Crippen molar-refractivity contribution in [1.29, 1.82) is 0 Å². The number of allylic oxidation sites excluding steroid dienone is 1. The molecule has 2 heterocycles. The number of nitrogens with zero attached hydrogens (tertiary/aromatic N) is 1. The molecule has 0 radical (unpaired) electrons. The molecule has 7 atom stereocenters. The van der Waals surface area contributed by atoms with Gasteiger partial charge in [-0.1, -0.05) is 40.5 Å². The van der Waals surface area contributed by atoms with Crippen LogP contribution in [-0.2, 0) is 0 Å². The summed E-state index contributed by atoms with van der Waals surface area (Å²) in [5, 5.41) is 7.88. The molecule has 2 saturated carbocycles. The smallest absolute Gasteiger partial charge is 0.328 e. The van der Waals surface area contributed by atoms with E-state index in [4.69, 9.17) is 5.73 Å². The molecule has 0 aromatic rings. The average Bonchev–Trinajstić information content (AvgIpc) is 2.97. The maximum atomic E-state index is 13.2. The summed E-state index contributed by atoms with van der Waals surface area (Å²) in [5.74, 6) is -0.673. The minimum Gasteiger partial charge on any atom is -0.328 e. The largest absolute Gasteiger partial charge is 0.391 e. The summed E-state index contributed by atoms with van der Waals surface area (Å²) in [5.41, 5.74) is 10.9. The van der Waals surface area contributed by atoms with Crippen LogP contribution in [0.25, 0.3) is 0 Å². The van der Waals surface area contributed by atoms with Crippen LogP contribution in [0.4, 0.5) is 13.2 Å². The Hall–Kier alpha value is 0.0400. The topological polar surface area (TPSA) is 53.3 Å². The predicted molar refractivity (Wildman–Crippen MR) is 106 cm³/mol. The molecule has 1 saturated heterocycles. The molecule has 4 nitrogen and oxygen atoms in total. The fourth-order valence-corrected chi connectivity index (χ4v) is 7.23. The number of nitrogens with two attached hydrogens (primary N) is 1. The van der Waals surface area contributed by atoms with Crippen molar-refractivity contribution in [1.82, 2.24) is 15.8 Å². The van der Waals surface area contributed by atoms with Crippen molar-refractivity contribution >= 4 is 27.7 Å². The van der Waals surface area contributed by atoms with Crippen LogP contribution in [0.15, 0.2) is 11.1 Å². The molecule has 7 unspecified atom stereocenters. The van der Waals surface area contributed by atoms with Gasteiger partial charge in [0.05, 0.1) is 5.92 Å². The van der Waals surface area contributed by atoms with Crippen LogP contribution in [0.5, 0.6) is 0 Å². The highest BCUT2D eigenvalue weighted by molar-refractivity contribution is 9.09. The predicted octanol–water partition coefficient (Wildman–Crippen LogP) is 4.24. The molecule has 154 valence electrons. The lowest BCUT2D eigenvalue weighted by Crippen LogP contribution is -2.49.